The van der Waals surface area contributed by atoms with Crippen molar-refractivity contribution in [3.63, 3.8) is 0 Å². The number of hydrogen-bond acceptors (Lipinski definition) is 5. The Labute approximate surface area is 206 Å². The number of esters is 1. The van der Waals surface area contributed by atoms with Crippen molar-refractivity contribution in [3.8, 4) is 0 Å². The van der Waals surface area contributed by atoms with Crippen LogP contribution in [-0.4, -0.2) is 52.8 Å². The molecular weight excluding hydrogens is 442 g/mol. The number of benzene rings is 2. The van der Waals surface area contributed by atoms with Gasteiger partial charge >= 0.3 is 12.1 Å². The van der Waals surface area contributed by atoms with E-state index < -0.39 is 0 Å². The van der Waals surface area contributed by atoms with Crippen molar-refractivity contribution in [1.82, 2.24) is 14.5 Å². The molecule has 0 aliphatic carbocycles. The second kappa shape index (κ2) is 10.8. The molecule has 7 heteroatoms. The van der Waals surface area contributed by atoms with Gasteiger partial charge in [0.25, 0.3) is 0 Å². The summed E-state index contributed by atoms with van der Waals surface area (Å²) < 4.78 is 12.6. The van der Waals surface area contributed by atoms with Gasteiger partial charge in [-0.2, -0.15) is 0 Å². The SMILES string of the molecule is CCOC(=O)c1ccc(C(C)n2ccnc2C2(c3ccccc3)CCN(C(=O)OCC)CC2)cc1. The van der Waals surface area contributed by atoms with Crippen LogP contribution < -0.4 is 0 Å². The first-order valence-electron chi connectivity index (χ1n) is 12.3. The maximum atomic E-state index is 12.4. The first-order chi connectivity index (χ1) is 17.0. The Kier molecular flexibility index (Phi) is 7.54. The van der Waals surface area contributed by atoms with Crippen molar-refractivity contribution in [3.05, 3.63) is 89.5 Å². The Morgan fingerprint density at radius 2 is 1.63 bits per heavy atom. The summed E-state index contributed by atoms with van der Waals surface area (Å²) in [6, 6.07) is 18.0. The molecule has 184 valence electrons. The zero-order valence-electron chi connectivity index (χ0n) is 20.6. The molecule has 0 N–H and O–H groups in total. The molecule has 4 rings (SSSR count). The number of hydrogen-bond donors (Lipinski definition) is 0. The molecule has 1 aromatic heterocycles. The lowest BCUT2D eigenvalue weighted by molar-refractivity contribution is 0.0526. The van der Waals surface area contributed by atoms with Crippen molar-refractivity contribution in [2.24, 2.45) is 0 Å². The fraction of sp³-hybridized carbons (Fsp3) is 0.393. The summed E-state index contributed by atoms with van der Waals surface area (Å²) in [5.74, 6) is 0.667. The Bertz CT molecular complexity index is 1130. The Morgan fingerprint density at radius 3 is 2.26 bits per heavy atom. The summed E-state index contributed by atoms with van der Waals surface area (Å²) in [6.45, 7) is 7.69. The first-order valence-corrected chi connectivity index (χ1v) is 12.3. The number of rotatable bonds is 7. The van der Waals surface area contributed by atoms with E-state index in [1.807, 2.05) is 49.6 Å². The van der Waals surface area contributed by atoms with Crippen molar-refractivity contribution in [2.75, 3.05) is 26.3 Å². The van der Waals surface area contributed by atoms with Gasteiger partial charge in [-0.05, 0) is 56.9 Å². The molecular formula is C28H33N3O4. The predicted molar refractivity (Wildman–Crippen MR) is 133 cm³/mol. The largest absolute Gasteiger partial charge is 0.462 e. The number of likely N-dealkylation sites (tertiary alicyclic amines) is 1. The van der Waals surface area contributed by atoms with Gasteiger partial charge in [0.2, 0.25) is 0 Å². The van der Waals surface area contributed by atoms with Gasteiger partial charge in [-0.1, -0.05) is 42.5 Å². The van der Waals surface area contributed by atoms with Gasteiger partial charge in [0.1, 0.15) is 5.82 Å². The lowest BCUT2D eigenvalue weighted by Gasteiger charge is -2.42. The maximum absolute atomic E-state index is 12.4. The van der Waals surface area contributed by atoms with Crippen molar-refractivity contribution >= 4 is 12.1 Å². The molecule has 1 aliphatic rings. The summed E-state index contributed by atoms with van der Waals surface area (Å²) in [4.78, 5) is 31.1. The Balaban J connectivity index is 1.66. The summed E-state index contributed by atoms with van der Waals surface area (Å²) in [7, 11) is 0. The van der Waals surface area contributed by atoms with E-state index in [1.165, 1.54) is 5.56 Å². The number of nitrogens with zero attached hydrogens (tertiary/aromatic N) is 3. The standard InChI is InChI=1S/C28H33N3O4/c1-4-34-25(32)23-13-11-22(12-14-23)21(3)31-20-17-29-26(31)28(24-9-7-6-8-10-24)15-18-30(19-16-28)27(33)35-5-2/h6-14,17,20-21H,4-5,15-16,18-19H2,1-3H3. The van der Waals surface area contributed by atoms with E-state index in [1.54, 1.807) is 11.8 Å². The van der Waals surface area contributed by atoms with Crippen LogP contribution in [-0.2, 0) is 14.9 Å². The van der Waals surface area contributed by atoms with E-state index in [0.29, 0.717) is 31.9 Å². The zero-order valence-corrected chi connectivity index (χ0v) is 20.6. The number of carbonyl (C=O) groups excluding carboxylic acids is 2. The minimum atomic E-state index is -0.327. The van der Waals surface area contributed by atoms with Crippen molar-refractivity contribution in [1.29, 1.82) is 0 Å². The Morgan fingerprint density at radius 1 is 0.971 bits per heavy atom. The highest BCUT2D eigenvalue weighted by Crippen LogP contribution is 2.42. The molecule has 0 saturated carbocycles. The molecule has 3 aromatic rings. The summed E-state index contributed by atoms with van der Waals surface area (Å²) >= 11 is 0. The molecule has 0 bridgehead atoms. The normalized spacial score (nSPS) is 15.9. The number of amides is 1. The van der Waals surface area contributed by atoms with Crippen LogP contribution >= 0.6 is 0 Å². The maximum Gasteiger partial charge on any atom is 0.409 e. The molecule has 1 aliphatic heterocycles. The molecule has 2 heterocycles. The third-order valence-electron chi connectivity index (χ3n) is 6.89. The van der Waals surface area contributed by atoms with Gasteiger partial charge in [-0.3, -0.25) is 0 Å². The molecule has 35 heavy (non-hydrogen) atoms. The highest BCUT2D eigenvalue weighted by atomic mass is 16.6. The van der Waals surface area contributed by atoms with Crippen LogP contribution in [0.4, 0.5) is 4.79 Å². The topological polar surface area (TPSA) is 73.7 Å². The number of ether oxygens (including phenoxy) is 2. The molecule has 0 spiro atoms. The molecule has 1 saturated heterocycles. The molecule has 1 fully saturated rings. The summed E-state index contributed by atoms with van der Waals surface area (Å²) in [5.41, 5.74) is 2.48. The van der Waals surface area contributed by atoms with Gasteiger partial charge in [0.15, 0.2) is 0 Å². The van der Waals surface area contributed by atoms with E-state index in [9.17, 15) is 9.59 Å². The summed E-state index contributed by atoms with van der Waals surface area (Å²) in [5, 5.41) is 0. The second-order valence-electron chi connectivity index (χ2n) is 8.81. The minimum Gasteiger partial charge on any atom is -0.462 e. The van der Waals surface area contributed by atoms with E-state index in [4.69, 9.17) is 14.5 Å². The van der Waals surface area contributed by atoms with Gasteiger partial charge in [-0.15, -0.1) is 0 Å². The third kappa shape index (κ3) is 4.94. The predicted octanol–water partition coefficient (Wildman–Crippen LogP) is 5.21. The smallest absolute Gasteiger partial charge is 0.409 e. The molecule has 1 atom stereocenters. The fourth-order valence-corrected chi connectivity index (χ4v) is 4.95. The minimum absolute atomic E-state index is 0.00687. The van der Waals surface area contributed by atoms with Gasteiger partial charge in [-0.25, -0.2) is 14.6 Å². The van der Waals surface area contributed by atoms with E-state index in [-0.39, 0.29) is 23.5 Å². The van der Waals surface area contributed by atoms with Crippen LogP contribution in [0.3, 0.4) is 0 Å². The van der Waals surface area contributed by atoms with E-state index in [0.717, 1.165) is 24.2 Å². The van der Waals surface area contributed by atoms with Crippen LogP contribution in [0.2, 0.25) is 0 Å². The van der Waals surface area contributed by atoms with Crippen LogP contribution in [0.1, 0.15) is 67.0 Å². The highest BCUT2D eigenvalue weighted by Gasteiger charge is 2.42. The quantitative estimate of drug-likeness (QED) is 0.439. The summed E-state index contributed by atoms with van der Waals surface area (Å²) in [6.07, 6.45) is 5.11. The Hall–Kier alpha value is -3.61. The molecule has 7 nitrogen and oxygen atoms in total. The highest BCUT2D eigenvalue weighted by molar-refractivity contribution is 5.89. The lowest BCUT2D eigenvalue weighted by Crippen LogP contribution is -2.47. The van der Waals surface area contributed by atoms with Crippen LogP contribution in [0.15, 0.2) is 67.0 Å². The number of piperidine rings is 1. The van der Waals surface area contributed by atoms with Crippen LogP contribution in [0.25, 0.3) is 0 Å². The van der Waals surface area contributed by atoms with Crippen LogP contribution in [0.5, 0.6) is 0 Å². The molecule has 2 aromatic carbocycles. The van der Waals surface area contributed by atoms with Crippen molar-refractivity contribution in [2.45, 2.75) is 45.1 Å². The zero-order chi connectivity index (χ0) is 24.8. The molecule has 1 unspecified atom stereocenters. The van der Waals surface area contributed by atoms with Gasteiger partial charge in [0, 0.05) is 25.5 Å². The molecule has 0 radical (unpaired) electrons. The number of aromatic nitrogens is 2. The van der Waals surface area contributed by atoms with Crippen molar-refractivity contribution < 1.29 is 19.1 Å². The molecule has 1 amide bonds. The second-order valence-corrected chi connectivity index (χ2v) is 8.81. The average molecular weight is 476 g/mol. The van der Waals surface area contributed by atoms with E-state index >= 15 is 0 Å². The monoisotopic (exact) mass is 475 g/mol. The van der Waals surface area contributed by atoms with Gasteiger partial charge < -0.3 is 18.9 Å². The van der Waals surface area contributed by atoms with Crippen LogP contribution in [0, 0.1) is 0 Å². The van der Waals surface area contributed by atoms with E-state index in [2.05, 4.69) is 35.8 Å². The number of imidazole rings is 1. The lowest BCUT2D eigenvalue weighted by atomic mass is 9.71. The number of carbonyl (C=O) groups is 2. The van der Waals surface area contributed by atoms with Gasteiger partial charge in [0.05, 0.1) is 30.2 Å². The first kappa shape index (κ1) is 24.5. The fourth-order valence-electron chi connectivity index (χ4n) is 4.95. The average Bonchev–Trinajstić information content (AvgIpc) is 3.40. The third-order valence-corrected chi connectivity index (χ3v) is 6.89.